The summed E-state index contributed by atoms with van der Waals surface area (Å²) in [5.41, 5.74) is 6.21. The zero-order valence-corrected chi connectivity index (χ0v) is 21.6. The number of pyridine rings is 2. The second kappa shape index (κ2) is 11.9. The summed E-state index contributed by atoms with van der Waals surface area (Å²) in [5.74, 6) is -1.23. The van der Waals surface area contributed by atoms with Crippen LogP contribution >= 0.6 is 0 Å². The Morgan fingerprint density at radius 2 is 1.78 bits per heavy atom. The number of hydrogen-bond donors (Lipinski definition) is 3. The Kier molecular flexibility index (Phi) is 8.11. The number of alkyl halides is 3. The molecular weight excluding hydrogens is 543 g/mol. The first-order valence-electron chi connectivity index (χ1n) is 12.8. The highest BCUT2D eigenvalue weighted by Crippen LogP contribution is 2.34. The number of H-pyrrole nitrogens is 1. The Bertz CT molecular complexity index is 1670. The Labute approximate surface area is 231 Å². The molecular formula is C29H25F5N6O. The fraction of sp³-hybridized carbons (Fsp3) is 0.207. The van der Waals surface area contributed by atoms with Gasteiger partial charge in [-0.05, 0) is 61.9 Å². The fourth-order valence-corrected chi connectivity index (χ4v) is 4.23. The minimum atomic E-state index is -4.65. The van der Waals surface area contributed by atoms with Crippen molar-refractivity contribution < 1.29 is 26.7 Å². The number of nitrogens with one attached hydrogen (secondary N) is 2. The molecule has 4 N–H and O–H groups in total. The molecule has 3 aromatic heterocycles. The van der Waals surface area contributed by atoms with E-state index in [0.717, 1.165) is 30.4 Å². The minimum Gasteiger partial charge on any atom is -0.492 e. The number of aromatic nitrogens is 4. The topological polar surface area (TPSA) is 102 Å². The van der Waals surface area contributed by atoms with Gasteiger partial charge in [0.05, 0.1) is 41.9 Å². The van der Waals surface area contributed by atoms with Crippen LogP contribution in [0.1, 0.15) is 24.4 Å². The SMILES string of the molecule is NCCCCOc1cnc2ccc(-c3[nH]c(CNc4cccc(F)c4F)nc3-c3cccc(C(F)(F)F)n3)cc2c1. The number of halogens is 5. The van der Waals surface area contributed by atoms with Gasteiger partial charge in [0.1, 0.15) is 23.0 Å². The highest BCUT2D eigenvalue weighted by molar-refractivity contribution is 5.87. The maximum Gasteiger partial charge on any atom is 0.433 e. The lowest BCUT2D eigenvalue weighted by Crippen LogP contribution is -2.08. The molecule has 212 valence electrons. The van der Waals surface area contributed by atoms with Gasteiger partial charge in [0.25, 0.3) is 0 Å². The maximum absolute atomic E-state index is 14.2. The molecule has 0 bridgehead atoms. The van der Waals surface area contributed by atoms with Crippen molar-refractivity contribution in [1.29, 1.82) is 0 Å². The summed E-state index contributed by atoms with van der Waals surface area (Å²) < 4.78 is 73.9. The number of fused-ring (bicyclic) bond motifs is 1. The summed E-state index contributed by atoms with van der Waals surface area (Å²) in [6.07, 6.45) is -1.40. The van der Waals surface area contributed by atoms with E-state index in [1.807, 2.05) is 12.1 Å². The van der Waals surface area contributed by atoms with Crippen LogP contribution in [-0.4, -0.2) is 33.1 Å². The highest BCUT2D eigenvalue weighted by atomic mass is 19.4. The van der Waals surface area contributed by atoms with Crippen LogP contribution in [0.5, 0.6) is 5.75 Å². The van der Waals surface area contributed by atoms with E-state index in [1.165, 1.54) is 24.3 Å². The summed E-state index contributed by atoms with van der Waals surface area (Å²) >= 11 is 0. The smallest absolute Gasteiger partial charge is 0.433 e. The summed E-state index contributed by atoms with van der Waals surface area (Å²) in [7, 11) is 0. The molecule has 0 saturated heterocycles. The minimum absolute atomic E-state index is 0.00975. The number of rotatable bonds is 10. The lowest BCUT2D eigenvalue weighted by atomic mass is 10.1. The summed E-state index contributed by atoms with van der Waals surface area (Å²) in [6.45, 7) is 0.991. The number of nitrogens with two attached hydrogens (primary N) is 1. The maximum atomic E-state index is 14.2. The molecule has 0 atom stereocenters. The molecule has 0 aliphatic rings. The number of ether oxygens (including phenoxy) is 1. The molecule has 41 heavy (non-hydrogen) atoms. The third-order valence-electron chi connectivity index (χ3n) is 6.24. The summed E-state index contributed by atoms with van der Waals surface area (Å²) in [4.78, 5) is 15.8. The standard InChI is InChI=1S/C29H25F5N6O/c30-20-5-3-6-22(26(20)31)37-16-25-39-27(28(40-25)23-7-4-8-24(38-23)29(32,33)34)17-9-10-21-18(13-17)14-19(15-36-21)41-12-2-1-11-35/h3-10,13-15,37H,1-2,11-12,16,35H2,(H,39,40). The van der Waals surface area contributed by atoms with Gasteiger partial charge >= 0.3 is 6.18 Å². The molecule has 2 aromatic carbocycles. The zero-order chi connectivity index (χ0) is 29.0. The van der Waals surface area contributed by atoms with Crippen LogP contribution in [0, 0.1) is 11.6 Å². The van der Waals surface area contributed by atoms with Crippen molar-refractivity contribution in [1.82, 2.24) is 19.9 Å². The fourth-order valence-electron chi connectivity index (χ4n) is 4.23. The first-order chi connectivity index (χ1) is 19.7. The van der Waals surface area contributed by atoms with Crippen molar-refractivity contribution in [3.8, 4) is 28.4 Å². The Morgan fingerprint density at radius 3 is 2.59 bits per heavy atom. The molecule has 0 amide bonds. The van der Waals surface area contributed by atoms with Crippen LogP contribution in [0.25, 0.3) is 33.5 Å². The van der Waals surface area contributed by atoms with Gasteiger partial charge in [0, 0.05) is 10.9 Å². The second-order valence-corrected chi connectivity index (χ2v) is 9.19. The first-order valence-corrected chi connectivity index (χ1v) is 12.8. The van der Waals surface area contributed by atoms with Gasteiger partial charge in [-0.15, -0.1) is 0 Å². The largest absolute Gasteiger partial charge is 0.492 e. The Hall–Kier alpha value is -4.58. The molecule has 0 saturated carbocycles. The number of nitrogens with zero attached hydrogens (tertiary/aromatic N) is 3. The second-order valence-electron chi connectivity index (χ2n) is 9.19. The van der Waals surface area contributed by atoms with Crippen molar-refractivity contribution in [2.45, 2.75) is 25.6 Å². The first kappa shape index (κ1) is 28.0. The van der Waals surface area contributed by atoms with E-state index >= 15 is 0 Å². The van der Waals surface area contributed by atoms with E-state index in [-0.39, 0.29) is 29.4 Å². The van der Waals surface area contributed by atoms with E-state index in [1.54, 1.807) is 18.3 Å². The molecule has 12 heteroatoms. The van der Waals surface area contributed by atoms with Crippen molar-refractivity contribution in [2.75, 3.05) is 18.5 Å². The van der Waals surface area contributed by atoms with Crippen molar-refractivity contribution in [3.05, 3.63) is 90.0 Å². The third-order valence-corrected chi connectivity index (χ3v) is 6.24. The van der Waals surface area contributed by atoms with Gasteiger partial charge in [-0.3, -0.25) is 4.98 Å². The number of aromatic amines is 1. The molecule has 0 radical (unpaired) electrons. The van der Waals surface area contributed by atoms with E-state index < -0.39 is 23.5 Å². The predicted octanol–water partition coefficient (Wildman–Crippen LogP) is 6.71. The monoisotopic (exact) mass is 568 g/mol. The van der Waals surface area contributed by atoms with E-state index in [0.29, 0.717) is 35.7 Å². The molecule has 5 aromatic rings. The van der Waals surface area contributed by atoms with Gasteiger partial charge in [-0.1, -0.05) is 18.2 Å². The molecule has 0 aliphatic heterocycles. The lowest BCUT2D eigenvalue weighted by molar-refractivity contribution is -0.141. The lowest BCUT2D eigenvalue weighted by Gasteiger charge is -2.09. The van der Waals surface area contributed by atoms with Crippen LogP contribution in [0.2, 0.25) is 0 Å². The molecule has 0 spiro atoms. The Morgan fingerprint density at radius 1 is 0.951 bits per heavy atom. The highest BCUT2D eigenvalue weighted by Gasteiger charge is 2.33. The molecule has 7 nitrogen and oxygen atoms in total. The molecule has 0 aliphatic carbocycles. The zero-order valence-electron chi connectivity index (χ0n) is 21.6. The molecule has 3 heterocycles. The van der Waals surface area contributed by atoms with Crippen LogP contribution < -0.4 is 15.8 Å². The average Bonchev–Trinajstić information content (AvgIpc) is 3.40. The van der Waals surface area contributed by atoms with Crippen LogP contribution in [0.4, 0.5) is 27.6 Å². The van der Waals surface area contributed by atoms with Crippen LogP contribution in [-0.2, 0) is 12.7 Å². The van der Waals surface area contributed by atoms with Crippen LogP contribution in [0.3, 0.4) is 0 Å². The predicted molar refractivity (Wildman–Crippen MR) is 145 cm³/mol. The molecule has 0 unspecified atom stereocenters. The van der Waals surface area contributed by atoms with E-state index in [2.05, 4.69) is 25.3 Å². The quantitative estimate of drug-likeness (QED) is 0.128. The molecule has 0 fully saturated rings. The van der Waals surface area contributed by atoms with Gasteiger partial charge in [0.2, 0.25) is 0 Å². The summed E-state index contributed by atoms with van der Waals surface area (Å²) in [5, 5.41) is 3.51. The van der Waals surface area contributed by atoms with Gasteiger partial charge in [-0.2, -0.15) is 13.2 Å². The number of imidazole rings is 1. The van der Waals surface area contributed by atoms with Crippen molar-refractivity contribution in [3.63, 3.8) is 0 Å². The number of hydrogen-bond acceptors (Lipinski definition) is 6. The normalized spacial score (nSPS) is 11.7. The molecule has 5 rings (SSSR count). The van der Waals surface area contributed by atoms with Crippen molar-refractivity contribution >= 4 is 16.6 Å². The van der Waals surface area contributed by atoms with E-state index in [9.17, 15) is 22.0 Å². The van der Waals surface area contributed by atoms with Gasteiger partial charge in [0.15, 0.2) is 11.6 Å². The van der Waals surface area contributed by atoms with E-state index in [4.69, 9.17) is 10.5 Å². The number of unbranched alkanes of at least 4 members (excludes halogenated alkanes) is 1. The Balaban J connectivity index is 1.53. The average molecular weight is 569 g/mol. The van der Waals surface area contributed by atoms with Gasteiger partial charge < -0.3 is 20.8 Å². The number of benzene rings is 2. The van der Waals surface area contributed by atoms with Crippen molar-refractivity contribution in [2.24, 2.45) is 5.73 Å². The van der Waals surface area contributed by atoms with Crippen LogP contribution in [0.15, 0.2) is 66.9 Å². The van der Waals surface area contributed by atoms with Gasteiger partial charge in [-0.25, -0.2) is 18.7 Å². The third kappa shape index (κ3) is 6.43. The summed E-state index contributed by atoms with van der Waals surface area (Å²) in [6, 6.07) is 14.4. The number of anilines is 1.